The molecule has 0 aliphatic carbocycles. The van der Waals surface area contributed by atoms with Crippen molar-refractivity contribution in [2.75, 3.05) is 11.9 Å². The smallest absolute Gasteiger partial charge is 0.335 e. The van der Waals surface area contributed by atoms with Crippen LogP contribution in [0.15, 0.2) is 12.1 Å². The van der Waals surface area contributed by atoms with Crippen molar-refractivity contribution in [2.24, 2.45) is 5.41 Å². The first-order chi connectivity index (χ1) is 9.77. The maximum Gasteiger partial charge on any atom is 0.335 e. The van der Waals surface area contributed by atoms with Crippen molar-refractivity contribution in [1.82, 2.24) is 4.98 Å². The van der Waals surface area contributed by atoms with Gasteiger partial charge in [-0.1, -0.05) is 34.1 Å². The largest absolute Gasteiger partial charge is 0.478 e. The molecule has 0 fully saturated rings. The predicted molar refractivity (Wildman–Crippen MR) is 83.8 cm³/mol. The van der Waals surface area contributed by atoms with Gasteiger partial charge in [0.05, 0.1) is 5.56 Å². The van der Waals surface area contributed by atoms with E-state index in [0.29, 0.717) is 12.2 Å². The highest BCUT2D eigenvalue weighted by Crippen LogP contribution is 2.25. The summed E-state index contributed by atoms with van der Waals surface area (Å²) in [6, 6.07) is 3.20. The number of aromatic carboxylic acids is 1. The standard InChI is InChI=1S/C16H26N2O3/c1-5-6-12-9-11(15(20)21)10-14(17-12)18-13(7-8-19)16(2,3)4/h9-10,13,19H,5-8H2,1-4H3,(H,17,18)(H,20,21). The van der Waals surface area contributed by atoms with Crippen LogP contribution in [0.2, 0.25) is 0 Å². The molecule has 3 N–H and O–H groups in total. The van der Waals surface area contributed by atoms with Crippen LogP contribution >= 0.6 is 0 Å². The Balaban J connectivity index is 3.07. The average molecular weight is 294 g/mol. The number of hydrogen-bond donors (Lipinski definition) is 3. The molecule has 0 saturated heterocycles. The van der Waals surface area contributed by atoms with Crippen LogP contribution in [0.3, 0.4) is 0 Å². The molecular formula is C16H26N2O3. The zero-order valence-corrected chi connectivity index (χ0v) is 13.3. The minimum atomic E-state index is -0.952. The Morgan fingerprint density at radius 1 is 1.38 bits per heavy atom. The van der Waals surface area contributed by atoms with Crippen LogP contribution in [-0.4, -0.2) is 33.8 Å². The van der Waals surface area contributed by atoms with E-state index >= 15 is 0 Å². The number of carboxylic acid groups (broad SMARTS) is 1. The Hall–Kier alpha value is -1.62. The molecule has 0 bridgehead atoms. The van der Waals surface area contributed by atoms with Crippen molar-refractivity contribution in [3.05, 3.63) is 23.4 Å². The highest BCUT2D eigenvalue weighted by molar-refractivity contribution is 5.88. The molecule has 21 heavy (non-hydrogen) atoms. The molecule has 0 radical (unpaired) electrons. The lowest BCUT2D eigenvalue weighted by atomic mass is 9.85. The maximum absolute atomic E-state index is 11.2. The lowest BCUT2D eigenvalue weighted by Crippen LogP contribution is -2.35. The van der Waals surface area contributed by atoms with Crippen LogP contribution in [0.5, 0.6) is 0 Å². The molecule has 0 spiro atoms. The van der Waals surface area contributed by atoms with Gasteiger partial charge >= 0.3 is 5.97 Å². The van der Waals surface area contributed by atoms with Gasteiger partial charge in [0.1, 0.15) is 5.82 Å². The van der Waals surface area contributed by atoms with Gasteiger partial charge in [0.25, 0.3) is 0 Å². The van der Waals surface area contributed by atoms with Crippen LogP contribution in [-0.2, 0) is 6.42 Å². The van der Waals surface area contributed by atoms with Crippen LogP contribution in [0.4, 0.5) is 5.82 Å². The van der Waals surface area contributed by atoms with Crippen LogP contribution < -0.4 is 5.32 Å². The SMILES string of the molecule is CCCc1cc(C(=O)O)cc(NC(CCO)C(C)(C)C)n1. The monoisotopic (exact) mass is 294 g/mol. The van der Waals surface area contributed by atoms with E-state index in [0.717, 1.165) is 18.5 Å². The van der Waals surface area contributed by atoms with Crippen molar-refractivity contribution in [3.8, 4) is 0 Å². The molecule has 5 heteroatoms. The topological polar surface area (TPSA) is 82.5 Å². The summed E-state index contributed by atoms with van der Waals surface area (Å²) in [5.41, 5.74) is 0.957. The summed E-state index contributed by atoms with van der Waals surface area (Å²) in [6.45, 7) is 8.35. The molecule has 118 valence electrons. The van der Waals surface area contributed by atoms with Gasteiger partial charge in [-0.2, -0.15) is 0 Å². The van der Waals surface area contributed by atoms with Gasteiger partial charge < -0.3 is 15.5 Å². The number of rotatable bonds is 7. The first-order valence-corrected chi connectivity index (χ1v) is 7.39. The number of aliphatic hydroxyl groups is 1. The molecule has 1 heterocycles. The minimum absolute atomic E-state index is 0.0218. The predicted octanol–water partition coefficient (Wildman–Crippen LogP) is 2.94. The van der Waals surface area contributed by atoms with Crippen LogP contribution in [0.1, 0.15) is 56.6 Å². The summed E-state index contributed by atoms with van der Waals surface area (Å²) >= 11 is 0. The molecule has 0 aliphatic rings. The van der Waals surface area contributed by atoms with E-state index < -0.39 is 5.97 Å². The number of nitrogens with one attached hydrogen (secondary N) is 1. The lowest BCUT2D eigenvalue weighted by Gasteiger charge is -2.31. The fourth-order valence-electron chi connectivity index (χ4n) is 2.20. The zero-order valence-electron chi connectivity index (χ0n) is 13.3. The molecule has 1 rings (SSSR count). The number of hydrogen-bond acceptors (Lipinski definition) is 4. The van der Waals surface area contributed by atoms with E-state index in [1.165, 1.54) is 0 Å². The number of anilines is 1. The van der Waals surface area contributed by atoms with Crippen molar-refractivity contribution in [1.29, 1.82) is 0 Å². The van der Waals surface area contributed by atoms with Gasteiger partial charge in [-0.15, -0.1) is 0 Å². The Morgan fingerprint density at radius 3 is 2.52 bits per heavy atom. The fourth-order valence-corrected chi connectivity index (χ4v) is 2.20. The van der Waals surface area contributed by atoms with Crippen molar-refractivity contribution >= 4 is 11.8 Å². The molecule has 1 atom stereocenters. The fraction of sp³-hybridized carbons (Fsp3) is 0.625. The molecule has 0 aliphatic heterocycles. The van der Waals surface area contributed by atoms with E-state index in [1.54, 1.807) is 12.1 Å². The van der Waals surface area contributed by atoms with Crippen LogP contribution in [0, 0.1) is 5.41 Å². The number of carbonyl (C=O) groups is 1. The molecule has 0 aromatic carbocycles. The summed E-state index contributed by atoms with van der Waals surface area (Å²) in [6.07, 6.45) is 2.25. The molecule has 1 aromatic rings. The number of carboxylic acids is 1. The van der Waals surface area contributed by atoms with Crippen molar-refractivity contribution < 1.29 is 15.0 Å². The second-order valence-electron chi connectivity index (χ2n) is 6.36. The van der Waals surface area contributed by atoms with Gasteiger partial charge in [0, 0.05) is 18.3 Å². The summed E-state index contributed by atoms with van der Waals surface area (Å²) in [5.74, 6) is -0.390. The lowest BCUT2D eigenvalue weighted by molar-refractivity contribution is 0.0696. The van der Waals surface area contributed by atoms with Gasteiger partial charge in [-0.25, -0.2) is 9.78 Å². The van der Waals surface area contributed by atoms with Gasteiger partial charge in [-0.05, 0) is 30.4 Å². The number of aromatic nitrogens is 1. The summed E-state index contributed by atoms with van der Waals surface area (Å²) in [4.78, 5) is 15.7. The molecule has 5 nitrogen and oxygen atoms in total. The second-order valence-corrected chi connectivity index (χ2v) is 6.36. The maximum atomic E-state index is 11.2. The molecule has 1 unspecified atom stereocenters. The Kier molecular flexibility index (Phi) is 6.15. The van der Waals surface area contributed by atoms with Gasteiger partial charge in [0.15, 0.2) is 0 Å². The van der Waals surface area contributed by atoms with Gasteiger partial charge in [0.2, 0.25) is 0 Å². The summed E-state index contributed by atoms with van der Waals surface area (Å²) in [5, 5.41) is 21.7. The first kappa shape index (κ1) is 17.4. The number of aryl methyl sites for hydroxylation is 1. The summed E-state index contributed by atoms with van der Waals surface area (Å²) < 4.78 is 0. The van der Waals surface area contributed by atoms with E-state index in [-0.39, 0.29) is 23.6 Å². The zero-order chi connectivity index (χ0) is 16.0. The van der Waals surface area contributed by atoms with E-state index in [1.807, 2.05) is 6.92 Å². The number of pyridine rings is 1. The molecule has 0 amide bonds. The van der Waals surface area contributed by atoms with E-state index in [4.69, 9.17) is 0 Å². The third kappa shape index (κ3) is 5.34. The minimum Gasteiger partial charge on any atom is -0.478 e. The third-order valence-electron chi connectivity index (χ3n) is 3.42. The van der Waals surface area contributed by atoms with E-state index in [9.17, 15) is 15.0 Å². The normalized spacial score (nSPS) is 13.0. The van der Waals surface area contributed by atoms with Crippen LogP contribution in [0.25, 0.3) is 0 Å². The number of nitrogens with zero attached hydrogens (tertiary/aromatic N) is 1. The Bertz CT molecular complexity index is 481. The van der Waals surface area contributed by atoms with Crippen molar-refractivity contribution in [2.45, 2.75) is 53.0 Å². The molecule has 0 saturated carbocycles. The van der Waals surface area contributed by atoms with E-state index in [2.05, 4.69) is 31.1 Å². The summed E-state index contributed by atoms with van der Waals surface area (Å²) in [7, 11) is 0. The van der Waals surface area contributed by atoms with Crippen molar-refractivity contribution in [3.63, 3.8) is 0 Å². The quantitative estimate of drug-likeness (QED) is 0.720. The van der Waals surface area contributed by atoms with Gasteiger partial charge in [-0.3, -0.25) is 0 Å². The highest BCUT2D eigenvalue weighted by atomic mass is 16.4. The second kappa shape index (κ2) is 7.41. The first-order valence-electron chi connectivity index (χ1n) is 7.39. The highest BCUT2D eigenvalue weighted by Gasteiger charge is 2.24. The number of aliphatic hydroxyl groups excluding tert-OH is 1. The Morgan fingerprint density at radius 2 is 2.05 bits per heavy atom. The molecular weight excluding hydrogens is 268 g/mol. The Labute approximate surface area is 126 Å². The third-order valence-corrected chi connectivity index (χ3v) is 3.42. The average Bonchev–Trinajstić information content (AvgIpc) is 2.37. The molecule has 1 aromatic heterocycles.